The van der Waals surface area contributed by atoms with E-state index >= 15 is 0 Å². The minimum atomic E-state index is 0.777. The van der Waals surface area contributed by atoms with Crippen LogP contribution >= 0.6 is 0 Å². The summed E-state index contributed by atoms with van der Waals surface area (Å²) in [5.74, 6) is 1.01. The molecule has 0 amide bonds. The standard InChI is InChI=1S/C8H15N/c1-7-2-3-8(4-7)5-9-6-8/h7,9H,2-6H2,1H3/t7-/m1/s1. The Bertz CT molecular complexity index is 116. The molecule has 1 aliphatic heterocycles. The Morgan fingerprint density at radius 1 is 1.44 bits per heavy atom. The van der Waals surface area contributed by atoms with E-state index in [1.54, 1.807) is 0 Å². The van der Waals surface area contributed by atoms with E-state index in [2.05, 4.69) is 12.2 Å². The van der Waals surface area contributed by atoms with Gasteiger partial charge < -0.3 is 5.32 Å². The molecule has 1 atom stereocenters. The molecule has 1 heterocycles. The molecule has 1 aliphatic carbocycles. The summed E-state index contributed by atoms with van der Waals surface area (Å²) >= 11 is 0. The highest BCUT2D eigenvalue weighted by atomic mass is 15.0. The lowest BCUT2D eigenvalue weighted by Gasteiger charge is -2.39. The summed E-state index contributed by atoms with van der Waals surface area (Å²) in [4.78, 5) is 0. The van der Waals surface area contributed by atoms with Crippen molar-refractivity contribution in [3.05, 3.63) is 0 Å². The third-order valence-electron chi connectivity index (χ3n) is 2.95. The normalized spacial score (nSPS) is 39.0. The monoisotopic (exact) mass is 125 g/mol. The first-order valence-corrected chi connectivity index (χ1v) is 4.02. The fourth-order valence-electron chi connectivity index (χ4n) is 2.30. The lowest BCUT2D eigenvalue weighted by molar-refractivity contribution is 0.171. The molecule has 0 aromatic rings. The van der Waals surface area contributed by atoms with Gasteiger partial charge in [-0.25, -0.2) is 0 Å². The second-order valence-corrected chi connectivity index (χ2v) is 3.95. The highest BCUT2D eigenvalue weighted by Gasteiger charge is 2.41. The van der Waals surface area contributed by atoms with E-state index in [-0.39, 0.29) is 0 Å². The van der Waals surface area contributed by atoms with Crippen LogP contribution in [-0.4, -0.2) is 13.1 Å². The molecule has 0 bridgehead atoms. The topological polar surface area (TPSA) is 12.0 Å². The van der Waals surface area contributed by atoms with Crippen LogP contribution in [0.4, 0.5) is 0 Å². The molecule has 1 nitrogen and oxygen atoms in total. The molecule has 1 N–H and O–H groups in total. The zero-order chi connectivity index (χ0) is 6.32. The van der Waals surface area contributed by atoms with Gasteiger partial charge in [-0.05, 0) is 24.2 Å². The predicted octanol–water partition coefficient (Wildman–Crippen LogP) is 1.40. The van der Waals surface area contributed by atoms with E-state index in [0.717, 1.165) is 11.3 Å². The van der Waals surface area contributed by atoms with Gasteiger partial charge in [0.25, 0.3) is 0 Å². The molecule has 2 aliphatic rings. The Kier molecular flexibility index (Phi) is 1.10. The van der Waals surface area contributed by atoms with Gasteiger partial charge in [0.05, 0.1) is 0 Å². The van der Waals surface area contributed by atoms with Gasteiger partial charge in [0.2, 0.25) is 0 Å². The second kappa shape index (κ2) is 1.72. The van der Waals surface area contributed by atoms with Gasteiger partial charge in [-0.1, -0.05) is 13.3 Å². The summed E-state index contributed by atoms with van der Waals surface area (Å²) in [7, 11) is 0. The first-order chi connectivity index (χ1) is 4.31. The van der Waals surface area contributed by atoms with Crippen molar-refractivity contribution in [1.82, 2.24) is 5.32 Å². The SMILES string of the molecule is C[C@@H]1CCC2(CNC2)C1. The molecule has 2 rings (SSSR count). The maximum absolute atomic E-state index is 3.36. The zero-order valence-electron chi connectivity index (χ0n) is 6.11. The molecular weight excluding hydrogens is 110 g/mol. The van der Waals surface area contributed by atoms with Crippen molar-refractivity contribution in [3.8, 4) is 0 Å². The highest BCUT2D eigenvalue weighted by molar-refractivity contribution is 4.97. The lowest BCUT2D eigenvalue weighted by Crippen LogP contribution is -2.51. The molecule has 0 aromatic carbocycles. The Balaban J connectivity index is 1.99. The Labute approximate surface area is 56.8 Å². The predicted molar refractivity (Wildman–Crippen MR) is 38.3 cm³/mol. The van der Waals surface area contributed by atoms with Crippen LogP contribution in [0, 0.1) is 11.3 Å². The lowest BCUT2D eigenvalue weighted by atomic mass is 9.80. The Morgan fingerprint density at radius 3 is 2.44 bits per heavy atom. The van der Waals surface area contributed by atoms with Crippen LogP contribution in [-0.2, 0) is 0 Å². The quantitative estimate of drug-likeness (QED) is 0.516. The van der Waals surface area contributed by atoms with Crippen molar-refractivity contribution in [2.75, 3.05) is 13.1 Å². The van der Waals surface area contributed by atoms with Gasteiger partial charge in [0.1, 0.15) is 0 Å². The second-order valence-electron chi connectivity index (χ2n) is 3.95. The van der Waals surface area contributed by atoms with E-state index < -0.39 is 0 Å². The summed E-state index contributed by atoms with van der Waals surface area (Å²) in [6.07, 6.45) is 4.45. The largest absolute Gasteiger partial charge is 0.316 e. The summed E-state index contributed by atoms with van der Waals surface area (Å²) in [5.41, 5.74) is 0.777. The van der Waals surface area contributed by atoms with Crippen molar-refractivity contribution in [1.29, 1.82) is 0 Å². The van der Waals surface area contributed by atoms with Gasteiger partial charge in [-0.15, -0.1) is 0 Å². The fourth-order valence-corrected chi connectivity index (χ4v) is 2.30. The van der Waals surface area contributed by atoms with Gasteiger partial charge in [0, 0.05) is 13.1 Å². The average molecular weight is 125 g/mol. The molecule has 0 radical (unpaired) electrons. The molecule has 0 aromatic heterocycles. The van der Waals surface area contributed by atoms with E-state index in [1.165, 1.54) is 32.4 Å². The third kappa shape index (κ3) is 0.787. The van der Waals surface area contributed by atoms with Crippen molar-refractivity contribution in [2.45, 2.75) is 26.2 Å². The average Bonchev–Trinajstić information content (AvgIpc) is 2.09. The van der Waals surface area contributed by atoms with Crippen LogP contribution in [0.25, 0.3) is 0 Å². The molecule has 52 valence electrons. The Hall–Kier alpha value is -0.0400. The number of rotatable bonds is 0. The van der Waals surface area contributed by atoms with Crippen LogP contribution < -0.4 is 5.32 Å². The van der Waals surface area contributed by atoms with Crippen LogP contribution in [0.5, 0.6) is 0 Å². The number of hydrogen-bond acceptors (Lipinski definition) is 1. The van der Waals surface area contributed by atoms with E-state index in [4.69, 9.17) is 0 Å². The van der Waals surface area contributed by atoms with E-state index in [9.17, 15) is 0 Å². The van der Waals surface area contributed by atoms with Gasteiger partial charge >= 0.3 is 0 Å². The molecular formula is C8H15N. The summed E-state index contributed by atoms with van der Waals surface area (Å²) in [6, 6.07) is 0. The fraction of sp³-hybridized carbons (Fsp3) is 1.00. The maximum atomic E-state index is 3.36. The van der Waals surface area contributed by atoms with Crippen LogP contribution in [0.1, 0.15) is 26.2 Å². The summed E-state index contributed by atoms with van der Waals surface area (Å²) < 4.78 is 0. The smallest absolute Gasteiger partial charge is 0.00203 e. The zero-order valence-corrected chi connectivity index (χ0v) is 6.11. The molecule has 9 heavy (non-hydrogen) atoms. The minimum Gasteiger partial charge on any atom is -0.316 e. The first-order valence-electron chi connectivity index (χ1n) is 4.02. The van der Waals surface area contributed by atoms with Gasteiger partial charge in [0.15, 0.2) is 0 Å². The van der Waals surface area contributed by atoms with E-state index in [0.29, 0.717) is 0 Å². The molecule has 1 saturated carbocycles. The summed E-state index contributed by atoms with van der Waals surface area (Å²) in [5, 5.41) is 3.36. The number of nitrogens with one attached hydrogen (secondary N) is 1. The Morgan fingerprint density at radius 2 is 2.22 bits per heavy atom. The van der Waals surface area contributed by atoms with Crippen molar-refractivity contribution in [2.24, 2.45) is 11.3 Å². The van der Waals surface area contributed by atoms with Crippen molar-refractivity contribution < 1.29 is 0 Å². The van der Waals surface area contributed by atoms with Gasteiger partial charge in [-0.2, -0.15) is 0 Å². The molecule has 1 spiro atoms. The summed E-state index contributed by atoms with van der Waals surface area (Å²) in [6.45, 7) is 4.99. The van der Waals surface area contributed by atoms with Crippen molar-refractivity contribution >= 4 is 0 Å². The van der Waals surface area contributed by atoms with Gasteiger partial charge in [-0.3, -0.25) is 0 Å². The molecule has 1 saturated heterocycles. The van der Waals surface area contributed by atoms with Crippen LogP contribution in [0.15, 0.2) is 0 Å². The molecule has 2 fully saturated rings. The maximum Gasteiger partial charge on any atom is 0.00203 e. The highest BCUT2D eigenvalue weighted by Crippen LogP contribution is 2.43. The van der Waals surface area contributed by atoms with Crippen LogP contribution in [0.2, 0.25) is 0 Å². The molecule has 1 heteroatoms. The molecule has 0 unspecified atom stereocenters. The van der Waals surface area contributed by atoms with Crippen molar-refractivity contribution in [3.63, 3.8) is 0 Å². The van der Waals surface area contributed by atoms with E-state index in [1.807, 2.05) is 0 Å². The number of hydrogen-bond donors (Lipinski definition) is 1. The first kappa shape index (κ1) is 5.72. The minimum absolute atomic E-state index is 0.777. The van der Waals surface area contributed by atoms with Crippen LogP contribution in [0.3, 0.4) is 0 Å². The third-order valence-corrected chi connectivity index (χ3v) is 2.95.